The van der Waals surface area contributed by atoms with Crippen LogP contribution in [0.5, 0.6) is 5.75 Å². The summed E-state index contributed by atoms with van der Waals surface area (Å²) in [5, 5.41) is 23.4. The molecule has 0 spiro atoms. The normalized spacial score (nSPS) is 10.4. The molecule has 0 fully saturated rings. The smallest absolute Gasteiger partial charge is 0.235 e. The van der Waals surface area contributed by atoms with Crippen molar-refractivity contribution in [1.82, 2.24) is 4.98 Å². The van der Waals surface area contributed by atoms with Gasteiger partial charge in [-0.3, -0.25) is 4.79 Å². The van der Waals surface area contributed by atoms with Gasteiger partial charge < -0.3 is 10.1 Å². The summed E-state index contributed by atoms with van der Waals surface area (Å²) in [7, 11) is 1.61. The summed E-state index contributed by atoms with van der Waals surface area (Å²) in [6.45, 7) is 3.79. The van der Waals surface area contributed by atoms with Gasteiger partial charge in [-0.1, -0.05) is 54.2 Å². The van der Waals surface area contributed by atoms with Crippen LogP contribution in [0.3, 0.4) is 0 Å². The van der Waals surface area contributed by atoms with Crippen LogP contribution >= 0.6 is 23.1 Å². The molecule has 2 aromatic carbocycles. The van der Waals surface area contributed by atoms with Gasteiger partial charge in [0, 0.05) is 16.0 Å². The molecule has 178 valence electrons. The molecular formula is C28H22N4O2S2. The Balaban J connectivity index is 1.68. The van der Waals surface area contributed by atoms with Crippen LogP contribution in [0.4, 0.5) is 5.00 Å². The van der Waals surface area contributed by atoms with E-state index in [1.165, 1.54) is 23.1 Å². The molecule has 0 aliphatic heterocycles. The summed E-state index contributed by atoms with van der Waals surface area (Å²) < 4.78 is 5.27. The highest BCUT2D eigenvalue weighted by atomic mass is 32.2. The Morgan fingerprint density at radius 3 is 2.36 bits per heavy atom. The maximum atomic E-state index is 12.8. The fraction of sp³-hybridized carbons (Fsp3) is 0.143. The molecule has 0 unspecified atom stereocenters. The van der Waals surface area contributed by atoms with Crippen molar-refractivity contribution in [3.05, 3.63) is 82.2 Å². The third kappa shape index (κ3) is 5.26. The van der Waals surface area contributed by atoms with Crippen LogP contribution in [0.25, 0.3) is 22.4 Å². The zero-order chi connectivity index (χ0) is 25.7. The van der Waals surface area contributed by atoms with Crippen LogP contribution in [0.2, 0.25) is 0 Å². The molecule has 0 aliphatic rings. The number of ether oxygens (including phenoxy) is 1. The zero-order valence-corrected chi connectivity index (χ0v) is 21.6. The second kappa shape index (κ2) is 11.1. The Hall–Kier alpha value is -4.11. The number of amides is 1. The molecule has 0 bridgehead atoms. The van der Waals surface area contributed by atoms with E-state index in [1.807, 2.05) is 74.5 Å². The third-order valence-corrected chi connectivity index (χ3v) is 7.76. The molecule has 2 heterocycles. The number of nitrogens with zero attached hydrogens (tertiary/aromatic N) is 3. The van der Waals surface area contributed by atoms with E-state index in [1.54, 1.807) is 7.11 Å². The number of carbonyl (C=O) groups is 1. The topological polar surface area (TPSA) is 98.8 Å². The van der Waals surface area contributed by atoms with Gasteiger partial charge in [-0.25, -0.2) is 4.98 Å². The van der Waals surface area contributed by atoms with Gasteiger partial charge in [0.05, 0.1) is 29.7 Å². The predicted octanol–water partition coefficient (Wildman–Crippen LogP) is 6.58. The number of rotatable bonds is 7. The van der Waals surface area contributed by atoms with Gasteiger partial charge in [-0.05, 0) is 43.2 Å². The monoisotopic (exact) mass is 510 g/mol. The highest BCUT2D eigenvalue weighted by Crippen LogP contribution is 2.35. The minimum Gasteiger partial charge on any atom is -0.497 e. The van der Waals surface area contributed by atoms with Crippen LogP contribution in [-0.2, 0) is 4.79 Å². The second-order valence-electron chi connectivity index (χ2n) is 7.88. The summed E-state index contributed by atoms with van der Waals surface area (Å²) in [6.07, 6.45) is 0. The first-order valence-corrected chi connectivity index (χ1v) is 12.8. The van der Waals surface area contributed by atoms with Crippen LogP contribution in [0.1, 0.15) is 21.6 Å². The number of hydrogen-bond acceptors (Lipinski definition) is 7. The van der Waals surface area contributed by atoms with E-state index in [0.29, 0.717) is 26.8 Å². The maximum absolute atomic E-state index is 12.8. The van der Waals surface area contributed by atoms with Crippen molar-refractivity contribution in [1.29, 1.82) is 10.5 Å². The van der Waals surface area contributed by atoms with E-state index in [0.717, 1.165) is 32.9 Å². The molecule has 4 aromatic rings. The Morgan fingerprint density at radius 2 is 1.72 bits per heavy atom. The molecule has 0 atom stereocenters. The Labute approximate surface area is 218 Å². The van der Waals surface area contributed by atoms with Crippen LogP contribution in [-0.4, -0.2) is 23.8 Å². The average molecular weight is 511 g/mol. The number of thioether (sulfide) groups is 1. The van der Waals surface area contributed by atoms with E-state index in [4.69, 9.17) is 9.72 Å². The third-order valence-electron chi connectivity index (χ3n) is 5.66. The molecule has 0 aliphatic carbocycles. The Kier molecular flexibility index (Phi) is 7.70. The molecule has 6 nitrogen and oxygen atoms in total. The number of aromatic nitrogens is 1. The molecule has 0 radical (unpaired) electrons. The fourth-order valence-electron chi connectivity index (χ4n) is 3.64. The fourth-order valence-corrected chi connectivity index (χ4v) is 5.47. The van der Waals surface area contributed by atoms with Crippen molar-refractivity contribution in [2.24, 2.45) is 0 Å². The van der Waals surface area contributed by atoms with Crippen LogP contribution < -0.4 is 10.1 Å². The predicted molar refractivity (Wildman–Crippen MR) is 144 cm³/mol. The molecule has 2 aromatic heterocycles. The van der Waals surface area contributed by atoms with Crippen LogP contribution in [0.15, 0.2) is 65.7 Å². The number of methoxy groups -OCH3 is 1. The number of pyridine rings is 1. The van der Waals surface area contributed by atoms with E-state index in [9.17, 15) is 15.3 Å². The van der Waals surface area contributed by atoms with E-state index >= 15 is 0 Å². The number of nitriles is 2. The summed E-state index contributed by atoms with van der Waals surface area (Å²) in [4.78, 5) is 18.5. The molecule has 1 N–H and O–H groups in total. The lowest BCUT2D eigenvalue weighted by Crippen LogP contribution is -2.14. The molecule has 4 rings (SSSR count). The molecule has 0 saturated heterocycles. The van der Waals surface area contributed by atoms with Gasteiger partial charge in [-0.2, -0.15) is 10.5 Å². The van der Waals surface area contributed by atoms with Crippen molar-refractivity contribution in [2.45, 2.75) is 18.9 Å². The molecular weight excluding hydrogens is 488 g/mol. The van der Waals surface area contributed by atoms with Gasteiger partial charge in [-0.15, -0.1) is 11.3 Å². The second-order valence-corrected chi connectivity index (χ2v) is 10.1. The number of thiophene rings is 1. The first-order chi connectivity index (χ1) is 17.4. The van der Waals surface area contributed by atoms with Crippen molar-refractivity contribution in [2.75, 3.05) is 18.2 Å². The maximum Gasteiger partial charge on any atom is 0.235 e. The average Bonchev–Trinajstić information content (AvgIpc) is 3.18. The van der Waals surface area contributed by atoms with Crippen molar-refractivity contribution < 1.29 is 9.53 Å². The number of aryl methyl sites for hydroxylation is 1. The van der Waals surface area contributed by atoms with Gasteiger partial charge in [0.15, 0.2) is 0 Å². The molecule has 8 heteroatoms. The molecule has 0 saturated carbocycles. The number of benzene rings is 2. The van der Waals surface area contributed by atoms with Crippen molar-refractivity contribution in [3.8, 4) is 40.3 Å². The largest absolute Gasteiger partial charge is 0.497 e. The number of nitrogens with one attached hydrogen (secondary N) is 1. The van der Waals surface area contributed by atoms with E-state index in [2.05, 4.69) is 17.5 Å². The van der Waals surface area contributed by atoms with E-state index in [-0.39, 0.29) is 11.7 Å². The van der Waals surface area contributed by atoms with Gasteiger partial charge in [0.2, 0.25) is 5.91 Å². The highest BCUT2D eigenvalue weighted by Gasteiger charge is 2.19. The van der Waals surface area contributed by atoms with Gasteiger partial charge in [0.1, 0.15) is 27.9 Å². The standard InChI is InChI=1S/C28H22N4O2S2/c1-17-18(2)36-28(23(17)14-29)32-26(33)16-35-27-24(15-30)22(19-9-11-21(34-3)12-10-19)13-25(31-27)20-7-5-4-6-8-20/h4-13H,16H2,1-3H3,(H,32,33). The number of carbonyl (C=O) groups excluding carboxylic acids is 1. The Bertz CT molecular complexity index is 1500. The Morgan fingerprint density at radius 1 is 1.03 bits per heavy atom. The highest BCUT2D eigenvalue weighted by molar-refractivity contribution is 8.00. The number of hydrogen-bond donors (Lipinski definition) is 1. The SMILES string of the molecule is COc1ccc(-c2cc(-c3ccccc3)nc(SCC(=O)Nc3sc(C)c(C)c3C#N)c2C#N)cc1. The van der Waals surface area contributed by atoms with Crippen LogP contribution in [0, 0.1) is 36.5 Å². The van der Waals surface area contributed by atoms with Crippen molar-refractivity contribution in [3.63, 3.8) is 0 Å². The van der Waals surface area contributed by atoms with Gasteiger partial charge >= 0.3 is 0 Å². The lowest BCUT2D eigenvalue weighted by atomic mass is 9.99. The summed E-state index contributed by atoms with van der Waals surface area (Å²) in [5.41, 5.74) is 4.96. The molecule has 1 amide bonds. The molecule has 36 heavy (non-hydrogen) atoms. The zero-order valence-electron chi connectivity index (χ0n) is 20.0. The first kappa shape index (κ1) is 25.0. The summed E-state index contributed by atoms with van der Waals surface area (Å²) in [6, 6.07) is 23.5. The lowest BCUT2D eigenvalue weighted by Gasteiger charge is -2.13. The summed E-state index contributed by atoms with van der Waals surface area (Å²) >= 11 is 2.58. The minimum atomic E-state index is -0.264. The lowest BCUT2D eigenvalue weighted by molar-refractivity contribution is -0.113. The summed E-state index contributed by atoms with van der Waals surface area (Å²) in [5.74, 6) is 0.499. The first-order valence-electron chi connectivity index (χ1n) is 11.0. The minimum absolute atomic E-state index is 0.0445. The number of anilines is 1. The van der Waals surface area contributed by atoms with Gasteiger partial charge in [0.25, 0.3) is 0 Å². The quantitative estimate of drug-likeness (QED) is 0.282. The van der Waals surface area contributed by atoms with E-state index < -0.39 is 0 Å². The van der Waals surface area contributed by atoms with Crippen molar-refractivity contribution >= 4 is 34.0 Å².